The summed E-state index contributed by atoms with van der Waals surface area (Å²) in [5.41, 5.74) is 2.51. The maximum Gasteiger partial charge on any atom is 0.328 e. The predicted octanol–water partition coefficient (Wildman–Crippen LogP) is 6.08. The molecule has 45 heavy (non-hydrogen) atoms. The predicted molar refractivity (Wildman–Crippen MR) is 167 cm³/mol. The van der Waals surface area contributed by atoms with Crippen molar-refractivity contribution < 1.29 is 27.8 Å². The van der Waals surface area contributed by atoms with Gasteiger partial charge in [-0.05, 0) is 41.8 Å². The Kier molecular flexibility index (Phi) is 9.61. The monoisotopic (exact) mass is 632 g/mol. The zero-order valence-corrected chi connectivity index (χ0v) is 25.7. The molecule has 11 heteroatoms. The Labute approximate surface area is 264 Å². The lowest BCUT2D eigenvalue weighted by Gasteiger charge is -2.39. The maximum absolute atomic E-state index is 15.4. The lowest BCUT2D eigenvalue weighted by molar-refractivity contribution is -0.142. The van der Waals surface area contributed by atoms with Crippen LogP contribution in [0.3, 0.4) is 0 Å². The Morgan fingerprint density at radius 3 is 2.56 bits per heavy atom. The van der Waals surface area contributed by atoms with Gasteiger partial charge in [-0.3, -0.25) is 9.78 Å². The number of methoxy groups -OCH3 is 1. The minimum atomic E-state index is -1.27. The van der Waals surface area contributed by atoms with Gasteiger partial charge in [0, 0.05) is 46.4 Å². The highest BCUT2D eigenvalue weighted by Crippen LogP contribution is 2.35. The van der Waals surface area contributed by atoms with E-state index in [4.69, 9.17) is 21.1 Å². The van der Waals surface area contributed by atoms with Crippen molar-refractivity contribution in [2.75, 3.05) is 31.8 Å². The third-order valence-corrected chi connectivity index (χ3v) is 8.30. The van der Waals surface area contributed by atoms with Gasteiger partial charge in [-0.25, -0.2) is 13.6 Å². The SMILES string of the molecule is COC(=O)[C@H](Cc1ccc(-c2ccc(C#N)cc2Cl)c2ncccc12)NC(=O)c1c(F)cc(N2CCOC[C@@H]2C(C)C)cc1F. The number of nitrogens with one attached hydrogen (secondary N) is 1. The van der Waals surface area contributed by atoms with Gasteiger partial charge >= 0.3 is 5.97 Å². The molecule has 5 rings (SSSR count). The lowest BCUT2D eigenvalue weighted by atomic mass is 9.94. The number of morpholine rings is 1. The van der Waals surface area contributed by atoms with Crippen molar-refractivity contribution in [1.82, 2.24) is 10.3 Å². The highest BCUT2D eigenvalue weighted by Gasteiger charge is 2.30. The maximum atomic E-state index is 15.4. The van der Waals surface area contributed by atoms with Gasteiger partial charge in [0.05, 0.1) is 43.5 Å². The number of aromatic nitrogens is 1. The first-order chi connectivity index (χ1) is 21.6. The van der Waals surface area contributed by atoms with E-state index in [9.17, 15) is 14.9 Å². The average molecular weight is 633 g/mol. The van der Waals surface area contributed by atoms with Crippen LogP contribution in [-0.4, -0.2) is 55.8 Å². The summed E-state index contributed by atoms with van der Waals surface area (Å²) in [4.78, 5) is 32.5. The van der Waals surface area contributed by atoms with Gasteiger partial charge in [0.1, 0.15) is 23.2 Å². The fourth-order valence-electron chi connectivity index (χ4n) is 5.65. The van der Waals surface area contributed by atoms with Crippen LogP contribution < -0.4 is 10.2 Å². The second-order valence-corrected chi connectivity index (χ2v) is 11.5. The zero-order valence-electron chi connectivity index (χ0n) is 24.9. The summed E-state index contributed by atoms with van der Waals surface area (Å²) in [5, 5.41) is 12.7. The third kappa shape index (κ3) is 6.60. The number of rotatable bonds is 8. The number of halogens is 3. The topological polar surface area (TPSA) is 105 Å². The molecule has 0 saturated carbocycles. The highest BCUT2D eigenvalue weighted by atomic mass is 35.5. The van der Waals surface area contributed by atoms with E-state index in [0.29, 0.717) is 63.6 Å². The van der Waals surface area contributed by atoms with Crippen molar-refractivity contribution in [2.45, 2.75) is 32.4 Å². The van der Waals surface area contributed by atoms with E-state index in [1.165, 1.54) is 7.11 Å². The van der Waals surface area contributed by atoms with Crippen LogP contribution in [0.5, 0.6) is 0 Å². The molecule has 8 nitrogen and oxygen atoms in total. The first-order valence-electron chi connectivity index (χ1n) is 14.4. The summed E-state index contributed by atoms with van der Waals surface area (Å²) in [6.07, 6.45) is 1.56. The number of hydrogen-bond acceptors (Lipinski definition) is 7. The van der Waals surface area contributed by atoms with E-state index in [-0.39, 0.29) is 18.4 Å². The van der Waals surface area contributed by atoms with Gasteiger partial charge in [-0.15, -0.1) is 0 Å². The molecular formula is C34H31ClF2N4O4. The van der Waals surface area contributed by atoms with E-state index in [2.05, 4.69) is 16.4 Å². The smallest absolute Gasteiger partial charge is 0.328 e. The Morgan fingerprint density at radius 1 is 1.16 bits per heavy atom. The number of carbonyl (C=O) groups is 2. The molecule has 1 amide bonds. The van der Waals surface area contributed by atoms with Crippen LogP contribution in [-0.2, 0) is 20.7 Å². The number of esters is 1. The van der Waals surface area contributed by atoms with Gasteiger partial charge in [0.2, 0.25) is 0 Å². The number of benzene rings is 3. The van der Waals surface area contributed by atoms with Crippen molar-refractivity contribution in [2.24, 2.45) is 5.92 Å². The summed E-state index contributed by atoms with van der Waals surface area (Å²) in [5.74, 6) is -3.79. The van der Waals surface area contributed by atoms with E-state index in [0.717, 1.165) is 12.1 Å². The molecule has 1 aromatic heterocycles. The number of fused-ring (bicyclic) bond motifs is 1. The molecule has 1 saturated heterocycles. The minimum Gasteiger partial charge on any atom is -0.467 e. The summed E-state index contributed by atoms with van der Waals surface area (Å²) >= 11 is 6.49. The molecule has 1 aliphatic heterocycles. The van der Waals surface area contributed by atoms with Crippen molar-refractivity contribution in [1.29, 1.82) is 5.26 Å². The molecule has 0 aliphatic carbocycles. The largest absolute Gasteiger partial charge is 0.467 e. The number of nitrogens with zero attached hydrogens (tertiary/aromatic N) is 3. The molecule has 1 aliphatic rings. The van der Waals surface area contributed by atoms with Crippen LogP contribution in [0, 0.1) is 28.9 Å². The molecule has 4 aromatic rings. The molecule has 0 unspecified atom stereocenters. The Morgan fingerprint density at radius 2 is 1.89 bits per heavy atom. The molecule has 1 fully saturated rings. The van der Waals surface area contributed by atoms with Gasteiger partial charge in [-0.1, -0.05) is 49.7 Å². The Bertz CT molecular complexity index is 1790. The van der Waals surface area contributed by atoms with Crippen molar-refractivity contribution >= 4 is 40.1 Å². The molecule has 0 bridgehead atoms. The van der Waals surface area contributed by atoms with E-state index in [1.807, 2.05) is 24.8 Å². The summed E-state index contributed by atoms with van der Waals surface area (Å²) in [6, 6.07) is 15.0. The van der Waals surface area contributed by atoms with Gasteiger partial charge in [-0.2, -0.15) is 5.26 Å². The number of nitriles is 1. The summed E-state index contributed by atoms with van der Waals surface area (Å²) < 4.78 is 41.3. The van der Waals surface area contributed by atoms with Crippen LogP contribution in [0.2, 0.25) is 5.02 Å². The van der Waals surface area contributed by atoms with Crippen LogP contribution in [0.15, 0.2) is 60.8 Å². The van der Waals surface area contributed by atoms with Crippen LogP contribution in [0.25, 0.3) is 22.0 Å². The van der Waals surface area contributed by atoms with Gasteiger partial charge in [0.25, 0.3) is 5.91 Å². The second-order valence-electron chi connectivity index (χ2n) is 11.1. The van der Waals surface area contributed by atoms with E-state index in [1.54, 1.807) is 42.6 Å². The quantitative estimate of drug-likeness (QED) is 0.235. The van der Waals surface area contributed by atoms with Crippen LogP contribution >= 0.6 is 11.6 Å². The van der Waals surface area contributed by atoms with Crippen molar-refractivity contribution in [3.8, 4) is 17.2 Å². The molecular weight excluding hydrogens is 602 g/mol. The molecule has 2 atom stereocenters. The zero-order chi connectivity index (χ0) is 32.2. The Balaban J connectivity index is 1.44. The molecule has 232 valence electrons. The molecule has 1 N–H and O–H groups in total. The first-order valence-corrected chi connectivity index (χ1v) is 14.8. The average Bonchev–Trinajstić information content (AvgIpc) is 3.03. The van der Waals surface area contributed by atoms with Gasteiger partial charge < -0.3 is 19.7 Å². The number of pyridine rings is 1. The molecule has 2 heterocycles. The fourth-order valence-corrected chi connectivity index (χ4v) is 5.94. The van der Waals surface area contributed by atoms with E-state index < -0.39 is 35.1 Å². The van der Waals surface area contributed by atoms with Gasteiger partial charge in [0.15, 0.2) is 0 Å². The van der Waals surface area contributed by atoms with Crippen molar-refractivity contribution in [3.63, 3.8) is 0 Å². The molecule has 0 spiro atoms. The summed E-state index contributed by atoms with van der Waals surface area (Å²) in [7, 11) is 1.17. The minimum absolute atomic E-state index is 0.0485. The third-order valence-electron chi connectivity index (χ3n) is 7.98. The number of hydrogen-bond donors (Lipinski definition) is 1. The number of anilines is 1. The molecule has 3 aromatic carbocycles. The Hall–Kier alpha value is -4.59. The summed E-state index contributed by atoms with van der Waals surface area (Å²) in [6.45, 7) is 5.30. The van der Waals surface area contributed by atoms with E-state index >= 15 is 8.78 Å². The molecule has 0 radical (unpaired) electrons. The first kappa shape index (κ1) is 31.8. The van der Waals surface area contributed by atoms with Crippen LogP contribution in [0.1, 0.15) is 35.3 Å². The second kappa shape index (κ2) is 13.6. The number of ether oxygens (including phenoxy) is 2. The fraction of sp³-hybridized carbons (Fsp3) is 0.294. The van der Waals surface area contributed by atoms with Crippen molar-refractivity contribution in [3.05, 3.63) is 94.1 Å². The number of amides is 1. The lowest BCUT2D eigenvalue weighted by Crippen LogP contribution is -2.48. The van der Waals surface area contributed by atoms with Crippen LogP contribution in [0.4, 0.5) is 14.5 Å². The normalized spacial score (nSPS) is 15.5. The standard InChI is InChI=1S/C34H31ClF2N4O4/c1-19(2)30-18-45-12-11-41(30)22-15-27(36)31(28(37)16-22)33(42)40-29(34(43)44-3)14-21-7-9-25(32-23(21)5-4-10-39-32)24-8-6-20(17-38)13-26(24)35/h4-10,13,15-16,19,29-30H,11-12,14,18H2,1-3H3,(H,40,42)/t29-,30+/m0/s1. The number of carbonyl (C=O) groups excluding carboxylic acids is 2. The highest BCUT2D eigenvalue weighted by molar-refractivity contribution is 6.33.